The van der Waals surface area contributed by atoms with E-state index in [1.165, 1.54) is 5.56 Å². The van der Waals surface area contributed by atoms with Crippen LogP contribution in [-0.4, -0.2) is 65.5 Å². The first kappa shape index (κ1) is 16.3. The van der Waals surface area contributed by atoms with Gasteiger partial charge in [0.05, 0.1) is 6.04 Å². The van der Waals surface area contributed by atoms with Crippen LogP contribution in [0.15, 0.2) is 30.3 Å². The lowest BCUT2D eigenvalue weighted by atomic mass is 10.1. The van der Waals surface area contributed by atoms with Crippen molar-refractivity contribution in [1.82, 2.24) is 15.1 Å². The summed E-state index contributed by atoms with van der Waals surface area (Å²) in [5, 5.41) is 3.22. The molecule has 0 radical (unpaired) electrons. The second kappa shape index (κ2) is 7.84. The number of nitrogens with zero attached hydrogens (tertiary/aromatic N) is 2. The molecule has 2 heterocycles. The molecule has 0 aromatic heterocycles. The minimum absolute atomic E-state index is 0.0414. The third-order valence-corrected chi connectivity index (χ3v) is 5.37. The first-order valence-corrected chi connectivity index (χ1v) is 9.31. The summed E-state index contributed by atoms with van der Waals surface area (Å²) in [6, 6.07) is 10.0. The number of carbonyl (C=O) groups excluding carboxylic acids is 2. The number of amides is 2. The third kappa shape index (κ3) is 4.26. The first-order valence-electron chi connectivity index (χ1n) is 8.15. The van der Waals surface area contributed by atoms with E-state index in [1.807, 2.05) is 28.0 Å². The van der Waals surface area contributed by atoms with Crippen molar-refractivity contribution < 1.29 is 9.59 Å². The molecular formula is C17H23N3O2S. The van der Waals surface area contributed by atoms with Gasteiger partial charge in [0.25, 0.3) is 0 Å². The Morgan fingerprint density at radius 1 is 1.09 bits per heavy atom. The molecule has 0 bridgehead atoms. The van der Waals surface area contributed by atoms with E-state index in [4.69, 9.17) is 0 Å². The molecule has 2 fully saturated rings. The zero-order valence-electron chi connectivity index (χ0n) is 13.2. The fourth-order valence-corrected chi connectivity index (χ4v) is 3.94. The lowest BCUT2D eigenvalue weighted by Crippen LogP contribution is -2.54. The molecule has 6 heteroatoms. The molecule has 124 valence electrons. The van der Waals surface area contributed by atoms with E-state index in [0.29, 0.717) is 32.6 Å². The Bertz CT molecular complexity index is 538. The molecule has 2 aliphatic heterocycles. The van der Waals surface area contributed by atoms with Gasteiger partial charge in [-0.1, -0.05) is 30.3 Å². The van der Waals surface area contributed by atoms with Gasteiger partial charge in [-0.25, -0.2) is 0 Å². The number of nitrogens with one attached hydrogen (secondary N) is 1. The average molecular weight is 333 g/mol. The molecule has 1 aromatic rings. The molecule has 3 rings (SSSR count). The molecule has 0 spiro atoms. The van der Waals surface area contributed by atoms with Crippen molar-refractivity contribution >= 4 is 23.6 Å². The Morgan fingerprint density at radius 3 is 2.43 bits per heavy atom. The van der Waals surface area contributed by atoms with Gasteiger partial charge in [-0.05, 0) is 12.0 Å². The molecule has 5 nitrogen and oxygen atoms in total. The van der Waals surface area contributed by atoms with Crippen molar-refractivity contribution in [3.63, 3.8) is 0 Å². The number of rotatable bonds is 4. The molecule has 1 aromatic carbocycles. The van der Waals surface area contributed by atoms with Crippen LogP contribution < -0.4 is 5.32 Å². The van der Waals surface area contributed by atoms with Crippen LogP contribution in [0.25, 0.3) is 0 Å². The fraction of sp³-hybridized carbons (Fsp3) is 0.529. The van der Waals surface area contributed by atoms with Gasteiger partial charge >= 0.3 is 0 Å². The van der Waals surface area contributed by atoms with Crippen LogP contribution >= 0.6 is 11.8 Å². The number of carbonyl (C=O) groups is 2. The van der Waals surface area contributed by atoms with E-state index in [0.717, 1.165) is 18.1 Å². The Morgan fingerprint density at radius 2 is 1.78 bits per heavy atom. The van der Waals surface area contributed by atoms with Crippen LogP contribution in [0.4, 0.5) is 0 Å². The number of hydrogen-bond donors (Lipinski definition) is 1. The topological polar surface area (TPSA) is 52.7 Å². The lowest BCUT2D eigenvalue weighted by Gasteiger charge is -2.36. The van der Waals surface area contributed by atoms with E-state index in [-0.39, 0.29) is 17.9 Å². The second-order valence-corrected chi connectivity index (χ2v) is 6.99. The molecule has 0 aliphatic carbocycles. The molecule has 1 unspecified atom stereocenters. The predicted molar refractivity (Wildman–Crippen MR) is 92.2 cm³/mol. The van der Waals surface area contributed by atoms with Crippen LogP contribution in [0.1, 0.15) is 12.0 Å². The average Bonchev–Trinajstić information content (AvgIpc) is 3.15. The number of thioether (sulfide) groups is 1. The van der Waals surface area contributed by atoms with Crippen molar-refractivity contribution in [3.8, 4) is 0 Å². The Balaban J connectivity index is 1.43. The highest BCUT2D eigenvalue weighted by molar-refractivity contribution is 7.99. The van der Waals surface area contributed by atoms with Gasteiger partial charge in [0, 0.05) is 44.2 Å². The lowest BCUT2D eigenvalue weighted by molar-refractivity contribution is -0.140. The van der Waals surface area contributed by atoms with Gasteiger partial charge in [0.2, 0.25) is 11.8 Å². The van der Waals surface area contributed by atoms with Crippen LogP contribution in [-0.2, 0) is 16.0 Å². The molecule has 1 atom stereocenters. The normalized spacial score (nSPS) is 21.5. The van der Waals surface area contributed by atoms with Gasteiger partial charge in [-0.3, -0.25) is 14.9 Å². The summed E-state index contributed by atoms with van der Waals surface area (Å²) in [6.07, 6.45) is 1.32. The monoisotopic (exact) mass is 333 g/mol. The van der Waals surface area contributed by atoms with E-state index >= 15 is 0 Å². The van der Waals surface area contributed by atoms with E-state index in [2.05, 4.69) is 17.4 Å². The van der Waals surface area contributed by atoms with Crippen molar-refractivity contribution in [2.45, 2.75) is 18.9 Å². The fourth-order valence-electron chi connectivity index (χ4n) is 3.00. The number of hydrogen-bond acceptors (Lipinski definition) is 4. The summed E-state index contributed by atoms with van der Waals surface area (Å²) in [6.45, 7) is 2.61. The molecule has 0 saturated carbocycles. The Kier molecular flexibility index (Phi) is 5.56. The summed E-state index contributed by atoms with van der Waals surface area (Å²) < 4.78 is 0. The smallest absolute Gasteiger partial charge is 0.240 e. The summed E-state index contributed by atoms with van der Waals surface area (Å²) in [5.74, 6) is 2.09. The summed E-state index contributed by atoms with van der Waals surface area (Å²) in [5.41, 5.74) is 1.19. The van der Waals surface area contributed by atoms with Crippen molar-refractivity contribution in [2.75, 3.05) is 37.8 Å². The molecule has 23 heavy (non-hydrogen) atoms. The maximum atomic E-state index is 12.3. The van der Waals surface area contributed by atoms with Gasteiger partial charge in [0.1, 0.15) is 0 Å². The quantitative estimate of drug-likeness (QED) is 0.891. The van der Waals surface area contributed by atoms with Gasteiger partial charge < -0.3 is 9.80 Å². The summed E-state index contributed by atoms with van der Waals surface area (Å²) >= 11 is 1.76. The minimum atomic E-state index is -0.0414. The first-order chi connectivity index (χ1) is 11.2. The zero-order chi connectivity index (χ0) is 16.1. The van der Waals surface area contributed by atoms with Crippen molar-refractivity contribution in [1.29, 1.82) is 0 Å². The molecule has 2 saturated heterocycles. The summed E-state index contributed by atoms with van der Waals surface area (Å²) in [4.78, 5) is 28.4. The SMILES string of the molecule is O=C(CCc1ccccc1)N1CCN(C(=O)C2CSCN2)CC1. The second-order valence-electron chi connectivity index (χ2n) is 5.96. The Hall–Kier alpha value is -1.53. The number of piperazine rings is 1. The predicted octanol–water partition coefficient (Wildman–Crippen LogP) is 0.952. The maximum Gasteiger partial charge on any atom is 0.240 e. The van der Waals surface area contributed by atoms with Crippen LogP contribution in [0, 0.1) is 0 Å². The van der Waals surface area contributed by atoms with Crippen LogP contribution in [0.5, 0.6) is 0 Å². The van der Waals surface area contributed by atoms with Gasteiger partial charge in [0.15, 0.2) is 0 Å². The zero-order valence-corrected chi connectivity index (χ0v) is 14.1. The standard InChI is InChI=1S/C17H23N3O2S/c21-16(7-6-14-4-2-1-3-5-14)19-8-10-20(11-9-19)17(22)15-12-23-13-18-15/h1-5,15,18H,6-13H2. The highest BCUT2D eigenvalue weighted by atomic mass is 32.2. The molecule has 1 N–H and O–H groups in total. The van der Waals surface area contributed by atoms with Crippen molar-refractivity contribution in [3.05, 3.63) is 35.9 Å². The molecule has 2 aliphatic rings. The highest BCUT2D eigenvalue weighted by Gasteiger charge is 2.30. The largest absolute Gasteiger partial charge is 0.339 e. The van der Waals surface area contributed by atoms with E-state index in [9.17, 15) is 9.59 Å². The Labute approximate surface area is 141 Å². The van der Waals surface area contributed by atoms with E-state index in [1.54, 1.807) is 11.8 Å². The molecular weight excluding hydrogens is 310 g/mol. The highest BCUT2D eigenvalue weighted by Crippen LogP contribution is 2.14. The summed E-state index contributed by atoms with van der Waals surface area (Å²) in [7, 11) is 0. The van der Waals surface area contributed by atoms with Crippen molar-refractivity contribution in [2.24, 2.45) is 0 Å². The van der Waals surface area contributed by atoms with Gasteiger partial charge in [-0.2, -0.15) is 0 Å². The minimum Gasteiger partial charge on any atom is -0.339 e. The van der Waals surface area contributed by atoms with E-state index < -0.39 is 0 Å². The number of aryl methyl sites for hydroxylation is 1. The van der Waals surface area contributed by atoms with Crippen LogP contribution in [0.3, 0.4) is 0 Å². The third-order valence-electron chi connectivity index (χ3n) is 4.43. The van der Waals surface area contributed by atoms with Gasteiger partial charge in [-0.15, -0.1) is 11.8 Å². The maximum absolute atomic E-state index is 12.3. The molecule has 2 amide bonds. The number of benzene rings is 1. The van der Waals surface area contributed by atoms with Crippen LogP contribution in [0.2, 0.25) is 0 Å².